The molecule has 0 saturated carbocycles. The lowest BCUT2D eigenvalue weighted by Crippen LogP contribution is -2.32. The van der Waals surface area contributed by atoms with Gasteiger partial charge in [0.2, 0.25) is 0 Å². The third-order valence-corrected chi connectivity index (χ3v) is 4.46. The fourth-order valence-electron chi connectivity index (χ4n) is 2.64. The van der Waals surface area contributed by atoms with Crippen LogP contribution in [0, 0.1) is 6.92 Å². The highest BCUT2D eigenvalue weighted by Gasteiger charge is 2.21. The minimum atomic E-state index is 0.337. The van der Waals surface area contributed by atoms with Crippen molar-refractivity contribution in [2.24, 2.45) is 0 Å². The highest BCUT2D eigenvalue weighted by molar-refractivity contribution is 7.17. The number of nitrogens with zero attached hydrogens (tertiary/aromatic N) is 5. The van der Waals surface area contributed by atoms with Gasteiger partial charge in [0.25, 0.3) is 0 Å². The number of hydrogen-bond acceptors (Lipinski definition) is 6. The summed E-state index contributed by atoms with van der Waals surface area (Å²) < 4.78 is 3.12. The number of aromatic nitrogens is 5. The van der Waals surface area contributed by atoms with Crippen molar-refractivity contribution in [2.75, 3.05) is 5.32 Å². The Morgan fingerprint density at radius 3 is 3.30 bits per heavy atom. The van der Waals surface area contributed by atoms with Gasteiger partial charge in [0, 0.05) is 12.5 Å². The van der Waals surface area contributed by atoms with E-state index in [1.54, 1.807) is 17.7 Å². The summed E-state index contributed by atoms with van der Waals surface area (Å²) in [5.41, 5.74) is 1.00. The summed E-state index contributed by atoms with van der Waals surface area (Å²) in [6.45, 7) is 2.78. The van der Waals surface area contributed by atoms with Crippen molar-refractivity contribution in [3.05, 3.63) is 29.4 Å². The van der Waals surface area contributed by atoms with E-state index in [1.165, 1.54) is 0 Å². The van der Waals surface area contributed by atoms with E-state index in [-0.39, 0.29) is 0 Å². The molecule has 1 atom stereocenters. The maximum atomic E-state index is 4.43. The Morgan fingerprint density at radius 1 is 1.40 bits per heavy atom. The number of aryl methyl sites for hydroxylation is 2. The van der Waals surface area contributed by atoms with Gasteiger partial charge in [-0.3, -0.25) is 0 Å². The Morgan fingerprint density at radius 2 is 2.35 bits per heavy atom. The molecule has 1 aliphatic rings. The maximum absolute atomic E-state index is 4.43. The summed E-state index contributed by atoms with van der Waals surface area (Å²) in [5, 5.41) is 10.0. The molecule has 102 valence electrons. The Hall–Kier alpha value is -2.02. The topological polar surface area (TPSA) is 68.5 Å². The van der Waals surface area contributed by atoms with E-state index < -0.39 is 0 Å². The molecule has 3 aromatic heterocycles. The number of fused-ring (bicyclic) bond motifs is 2. The van der Waals surface area contributed by atoms with Crippen molar-refractivity contribution in [3.8, 4) is 0 Å². The van der Waals surface area contributed by atoms with Gasteiger partial charge in [-0.05, 0) is 24.8 Å². The summed E-state index contributed by atoms with van der Waals surface area (Å²) >= 11 is 1.67. The second-order valence-corrected chi connectivity index (χ2v) is 5.91. The molecule has 0 aliphatic carbocycles. The predicted molar refractivity (Wildman–Crippen MR) is 77.9 cm³/mol. The van der Waals surface area contributed by atoms with Crippen LogP contribution in [-0.4, -0.2) is 30.8 Å². The van der Waals surface area contributed by atoms with Gasteiger partial charge in [-0.25, -0.2) is 19.6 Å². The first-order valence-electron chi connectivity index (χ1n) is 6.64. The number of anilines is 1. The fraction of sp³-hybridized carbons (Fsp3) is 0.385. The predicted octanol–water partition coefficient (Wildman–Crippen LogP) is 2.02. The van der Waals surface area contributed by atoms with Gasteiger partial charge in [-0.15, -0.1) is 11.3 Å². The molecule has 20 heavy (non-hydrogen) atoms. The largest absolute Gasteiger partial charge is 0.364 e. The standard InChI is InChI=1S/C13H14N6S/c1-8-16-11-3-2-9(6-19(11)18-8)17-13-12-10(4-5-20-12)14-7-15-13/h4-5,7,9H,2-3,6H2,1H3,(H,14,15,17)/t9-/m0/s1. The van der Waals surface area contributed by atoms with E-state index in [2.05, 4.69) is 25.4 Å². The summed E-state index contributed by atoms with van der Waals surface area (Å²) in [6.07, 6.45) is 3.62. The monoisotopic (exact) mass is 286 g/mol. The summed E-state index contributed by atoms with van der Waals surface area (Å²) in [7, 11) is 0. The zero-order chi connectivity index (χ0) is 13.5. The molecule has 0 amide bonds. The lowest BCUT2D eigenvalue weighted by molar-refractivity contribution is 0.440. The molecule has 0 radical (unpaired) electrons. The molecule has 6 nitrogen and oxygen atoms in total. The van der Waals surface area contributed by atoms with Crippen LogP contribution in [0.3, 0.4) is 0 Å². The van der Waals surface area contributed by atoms with Crippen molar-refractivity contribution in [1.29, 1.82) is 0 Å². The van der Waals surface area contributed by atoms with E-state index >= 15 is 0 Å². The Labute approximate surface area is 119 Å². The van der Waals surface area contributed by atoms with Gasteiger partial charge >= 0.3 is 0 Å². The van der Waals surface area contributed by atoms with Crippen LogP contribution in [0.5, 0.6) is 0 Å². The maximum Gasteiger partial charge on any atom is 0.147 e. The summed E-state index contributed by atoms with van der Waals surface area (Å²) in [4.78, 5) is 13.1. The fourth-order valence-corrected chi connectivity index (χ4v) is 3.43. The van der Waals surface area contributed by atoms with Crippen LogP contribution in [-0.2, 0) is 13.0 Å². The number of hydrogen-bond donors (Lipinski definition) is 1. The second kappa shape index (κ2) is 4.52. The van der Waals surface area contributed by atoms with Gasteiger partial charge < -0.3 is 5.32 Å². The molecule has 7 heteroatoms. The van der Waals surface area contributed by atoms with Crippen LogP contribution in [0.2, 0.25) is 0 Å². The molecule has 4 heterocycles. The zero-order valence-corrected chi connectivity index (χ0v) is 11.9. The van der Waals surface area contributed by atoms with E-state index in [4.69, 9.17) is 0 Å². The molecule has 0 spiro atoms. The molecule has 0 aromatic carbocycles. The SMILES string of the molecule is Cc1nc2n(n1)C[C@@H](Nc1ncnc3ccsc13)CC2. The van der Waals surface area contributed by atoms with Gasteiger partial charge in [0.15, 0.2) is 0 Å². The molecule has 0 bridgehead atoms. The van der Waals surface area contributed by atoms with E-state index in [0.29, 0.717) is 6.04 Å². The summed E-state index contributed by atoms with van der Waals surface area (Å²) in [5.74, 6) is 2.86. The van der Waals surface area contributed by atoms with Crippen LogP contribution < -0.4 is 5.32 Å². The number of nitrogens with one attached hydrogen (secondary N) is 1. The molecule has 1 aliphatic heterocycles. The minimum absolute atomic E-state index is 0.337. The van der Waals surface area contributed by atoms with Crippen molar-refractivity contribution in [3.63, 3.8) is 0 Å². The van der Waals surface area contributed by atoms with Gasteiger partial charge in [0.1, 0.15) is 23.8 Å². The average molecular weight is 286 g/mol. The zero-order valence-electron chi connectivity index (χ0n) is 11.1. The molecule has 3 aromatic rings. The van der Waals surface area contributed by atoms with Crippen LogP contribution in [0.25, 0.3) is 10.2 Å². The van der Waals surface area contributed by atoms with Crippen molar-refractivity contribution in [2.45, 2.75) is 32.4 Å². The van der Waals surface area contributed by atoms with Crippen LogP contribution in [0.15, 0.2) is 17.8 Å². The molecule has 1 N–H and O–H groups in total. The van der Waals surface area contributed by atoms with Crippen LogP contribution in [0.1, 0.15) is 18.1 Å². The second-order valence-electron chi connectivity index (χ2n) is 4.99. The van der Waals surface area contributed by atoms with E-state index in [1.807, 2.05) is 23.1 Å². The lowest BCUT2D eigenvalue weighted by Gasteiger charge is -2.24. The summed E-state index contributed by atoms with van der Waals surface area (Å²) in [6, 6.07) is 2.36. The highest BCUT2D eigenvalue weighted by Crippen LogP contribution is 2.26. The van der Waals surface area contributed by atoms with Crippen LogP contribution >= 0.6 is 11.3 Å². The van der Waals surface area contributed by atoms with Crippen LogP contribution in [0.4, 0.5) is 5.82 Å². The first-order valence-corrected chi connectivity index (χ1v) is 7.52. The molecule has 4 rings (SSSR count). The van der Waals surface area contributed by atoms with Crippen molar-refractivity contribution in [1.82, 2.24) is 24.7 Å². The lowest BCUT2D eigenvalue weighted by atomic mass is 10.1. The molecular formula is C13H14N6S. The molecule has 0 fully saturated rings. The number of thiophene rings is 1. The Bertz CT molecular complexity index is 761. The van der Waals surface area contributed by atoms with Gasteiger partial charge in [-0.1, -0.05) is 0 Å². The van der Waals surface area contributed by atoms with Gasteiger partial charge in [-0.2, -0.15) is 5.10 Å². The third kappa shape index (κ3) is 1.94. The quantitative estimate of drug-likeness (QED) is 0.780. The third-order valence-electron chi connectivity index (χ3n) is 3.55. The first-order chi connectivity index (χ1) is 9.79. The average Bonchev–Trinajstić information content (AvgIpc) is 3.03. The normalized spacial score (nSPS) is 18.1. The van der Waals surface area contributed by atoms with Crippen molar-refractivity contribution < 1.29 is 0 Å². The smallest absolute Gasteiger partial charge is 0.147 e. The molecular weight excluding hydrogens is 272 g/mol. The number of rotatable bonds is 2. The first kappa shape index (κ1) is 11.8. The molecule has 0 unspecified atom stereocenters. The molecule has 0 saturated heterocycles. The minimum Gasteiger partial charge on any atom is -0.364 e. The Balaban J connectivity index is 1.60. The Kier molecular flexibility index (Phi) is 2.66. The van der Waals surface area contributed by atoms with E-state index in [0.717, 1.165) is 47.1 Å². The van der Waals surface area contributed by atoms with Crippen molar-refractivity contribution >= 4 is 27.4 Å². The van der Waals surface area contributed by atoms with E-state index in [9.17, 15) is 0 Å². The van der Waals surface area contributed by atoms with Gasteiger partial charge in [0.05, 0.1) is 16.8 Å². The highest BCUT2D eigenvalue weighted by atomic mass is 32.1.